The number of fused-ring (bicyclic) bond motifs is 1. The molecule has 1 aromatic rings. The molecule has 0 spiro atoms. The molecule has 0 fully saturated rings. The van der Waals surface area contributed by atoms with Crippen LogP contribution in [0.5, 0.6) is 0 Å². The van der Waals surface area contributed by atoms with E-state index in [9.17, 15) is 0 Å². The molecule has 3 rings (SSSR count). The van der Waals surface area contributed by atoms with Gasteiger partial charge in [0.05, 0.1) is 24.2 Å². The Morgan fingerprint density at radius 2 is 2.06 bits per heavy atom. The second-order valence-corrected chi connectivity index (χ2v) is 4.51. The van der Waals surface area contributed by atoms with Gasteiger partial charge in [-0.2, -0.15) is 14.5 Å². The minimum atomic E-state index is 0. The van der Waals surface area contributed by atoms with E-state index in [1.807, 2.05) is 23.2 Å². The van der Waals surface area contributed by atoms with Crippen LogP contribution in [0.15, 0.2) is 44.8 Å². The molecule has 0 N–H and O–H groups in total. The van der Waals surface area contributed by atoms with Crippen LogP contribution in [0.1, 0.15) is 18.9 Å². The van der Waals surface area contributed by atoms with Gasteiger partial charge in [0.1, 0.15) is 5.84 Å². The number of amidine groups is 2. The summed E-state index contributed by atoms with van der Waals surface area (Å²) in [5.41, 5.74) is 2.13. The van der Waals surface area contributed by atoms with Gasteiger partial charge in [-0.25, -0.2) is 0 Å². The Kier molecular flexibility index (Phi) is 4.19. The largest absolute Gasteiger partial charge is 0.253 e. The van der Waals surface area contributed by atoms with Crippen LogP contribution in [0, 0.1) is 0 Å². The highest BCUT2D eigenvalue weighted by molar-refractivity contribution is 8.93. The Bertz CT molecular complexity index is 524. The molecule has 0 atom stereocenters. The van der Waals surface area contributed by atoms with Crippen molar-refractivity contribution in [1.29, 1.82) is 0 Å². The summed E-state index contributed by atoms with van der Waals surface area (Å²) in [6.45, 7) is 2.71. The summed E-state index contributed by atoms with van der Waals surface area (Å²) in [5.74, 6) is 0.974. The molecular formula is C12H13BrN4S. The minimum absolute atomic E-state index is 0. The van der Waals surface area contributed by atoms with E-state index >= 15 is 0 Å². The first-order valence-corrected chi connectivity index (χ1v) is 6.37. The Balaban J connectivity index is 0.00000120. The lowest BCUT2D eigenvalue weighted by atomic mass is 10.1. The summed E-state index contributed by atoms with van der Waals surface area (Å²) in [7, 11) is 0. The van der Waals surface area contributed by atoms with Gasteiger partial charge in [-0.15, -0.1) is 17.0 Å². The van der Waals surface area contributed by atoms with Gasteiger partial charge in [0.2, 0.25) is 5.17 Å². The summed E-state index contributed by atoms with van der Waals surface area (Å²) in [4.78, 5) is 4.51. The quantitative estimate of drug-likeness (QED) is 0.784. The van der Waals surface area contributed by atoms with Crippen molar-refractivity contribution in [2.24, 2.45) is 14.5 Å². The van der Waals surface area contributed by atoms with Gasteiger partial charge in [-0.1, -0.05) is 37.3 Å². The number of nitrogens with zero attached hydrogens (tertiary/aromatic N) is 4. The van der Waals surface area contributed by atoms with Crippen LogP contribution in [0.25, 0.3) is 0 Å². The molecule has 18 heavy (non-hydrogen) atoms. The fourth-order valence-electron chi connectivity index (χ4n) is 1.77. The number of benzene rings is 1. The van der Waals surface area contributed by atoms with E-state index < -0.39 is 0 Å². The first-order chi connectivity index (χ1) is 8.38. The number of hydrogen-bond acceptors (Lipinski definition) is 5. The predicted octanol–water partition coefficient (Wildman–Crippen LogP) is 3.11. The molecule has 94 valence electrons. The van der Waals surface area contributed by atoms with Crippen molar-refractivity contribution in [1.82, 2.24) is 5.01 Å². The number of aliphatic imine (C=N–C) groups is 1. The van der Waals surface area contributed by atoms with E-state index in [0.717, 1.165) is 28.7 Å². The highest BCUT2D eigenvalue weighted by Gasteiger charge is 2.27. The second-order valence-electron chi connectivity index (χ2n) is 3.78. The van der Waals surface area contributed by atoms with E-state index in [2.05, 4.69) is 33.5 Å². The molecule has 1 aromatic carbocycles. The number of rotatable bonds is 2. The smallest absolute Gasteiger partial charge is 0.209 e. The first-order valence-electron chi connectivity index (χ1n) is 5.60. The van der Waals surface area contributed by atoms with Crippen molar-refractivity contribution >= 4 is 45.6 Å². The highest BCUT2D eigenvalue weighted by Crippen LogP contribution is 2.25. The van der Waals surface area contributed by atoms with E-state index in [0.29, 0.717) is 6.54 Å². The average molecular weight is 325 g/mol. The molecule has 0 radical (unpaired) electrons. The van der Waals surface area contributed by atoms with Crippen LogP contribution in [0.3, 0.4) is 0 Å². The number of halogens is 1. The van der Waals surface area contributed by atoms with Gasteiger partial charge in [-0.05, 0) is 5.56 Å². The first kappa shape index (κ1) is 13.3. The molecule has 0 aromatic heterocycles. The summed E-state index contributed by atoms with van der Waals surface area (Å²) in [5, 5.41) is 7.38. The lowest BCUT2D eigenvalue weighted by molar-refractivity contribution is 0.650. The maximum atomic E-state index is 4.63. The zero-order chi connectivity index (χ0) is 11.7. The third-order valence-corrected chi connectivity index (χ3v) is 3.43. The third kappa shape index (κ3) is 2.35. The van der Waals surface area contributed by atoms with Crippen LogP contribution in [0.2, 0.25) is 0 Å². The van der Waals surface area contributed by atoms with E-state index in [1.165, 1.54) is 11.9 Å². The summed E-state index contributed by atoms with van der Waals surface area (Å²) in [6.07, 6.45) is 0.873. The Hall–Kier alpha value is -1.14. The van der Waals surface area contributed by atoms with E-state index in [4.69, 9.17) is 0 Å². The lowest BCUT2D eigenvalue weighted by Gasteiger charge is -2.19. The Morgan fingerprint density at radius 1 is 1.28 bits per heavy atom. The Labute approximate surface area is 121 Å². The normalized spacial score (nSPS) is 17.4. The van der Waals surface area contributed by atoms with Crippen LogP contribution >= 0.6 is 28.9 Å². The van der Waals surface area contributed by atoms with Crippen molar-refractivity contribution < 1.29 is 0 Å². The summed E-state index contributed by atoms with van der Waals surface area (Å²) < 4.78 is 4.35. The molecule has 0 unspecified atom stereocenters. The summed E-state index contributed by atoms with van der Waals surface area (Å²) in [6, 6.07) is 10.2. The lowest BCUT2D eigenvalue weighted by Crippen LogP contribution is -2.31. The molecule has 0 bridgehead atoms. The maximum Gasteiger partial charge on any atom is 0.209 e. The maximum absolute atomic E-state index is 4.63. The van der Waals surface area contributed by atoms with E-state index in [-0.39, 0.29) is 17.0 Å². The van der Waals surface area contributed by atoms with Crippen molar-refractivity contribution in [3.63, 3.8) is 0 Å². The highest BCUT2D eigenvalue weighted by atomic mass is 79.9. The molecule has 6 heteroatoms. The van der Waals surface area contributed by atoms with Crippen LogP contribution < -0.4 is 0 Å². The molecule has 2 aliphatic rings. The van der Waals surface area contributed by atoms with Gasteiger partial charge in [0, 0.05) is 6.42 Å². The number of hydrogen-bond donors (Lipinski definition) is 0. The van der Waals surface area contributed by atoms with Gasteiger partial charge >= 0.3 is 0 Å². The van der Waals surface area contributed by atoms with Crippen molar-refractivity contribution in [3.8, 4) is 0 Å². The number of hydrazone groups is 1. The molecule has 0 saturated carbocycles. The van der Waals surface area contributed by atoms with Crippen molar-refractivity contribution in [3.05, 3.63) is 35.9 Å². The molecule has 2 aliphatic heterocycles. The fourth-order valence-corrected chi connectivity index (χ4v) is 2.51. The Morgan fingerprint density at radius 3 is 2.78 bits per heavy atom. The second kappa shape index (κ2) is 5.67. The topological polar surface area (TPSA) is 40.3 Å². The minimum Gasteiger partial charge on any atom is -0.253 e. The summed E-state index contributed by atoms with van der Waals surface area (Å²) >= 11 is 1.41. The monoisotopic (exact) mass is 324 g/mol. The zero-order valence-electron chi connectivity index (χ0n) is 9.91. The van der Waals surface area contributed by atoms with Gasteiger partial charge in [0.15, 0.2) is 0 Å². The molecular weight excluding hydrogens is 312 g/mol. The van der Waals surface area contributed by atoms with Crippen LogP contribution in [-0.4, -0.2) is 28.3 Å². The molecule has 2 heterocycles. The molecule has 0 saturated heterocycles. The molecule has 0 amide bonds. The zero-order valence-corrected chi connectivity index (χ0v) is 12.4. The van der Waals surface area contributed by atoms with Gasteiger partial charge < -0.3 is 0 Å². The van der Waals surface area contributed by atoms with Crippen molar-refractivity contribution in [2.75, 3.05) is 6.54 Å². The third-order valence-electron chi connectivity index (χ3n) is 2.67. The molecule has 4 nitrogen and oxygen atoms in total. The predicted molar refractivity (Wildman–Crippen MR) is 82.8 cm³/mol. The fraction of sp³-hybridized carbons (Fsp3) is 0.250. The van der Waals surface area contributed by atoms with Gasteiger partial charge in [-0.3, -0.25) is 4.99 Å². The van der Waals surface area contributed by atoms with Crippen LogP contribution in [0.4, 0.5) is 0 Å². The SMILES string of the molecule is Br.CCC1=NSC2=NCC(c3ccccc3)=NN12. The standard InChI is InChI=1S/C12H12N4S.BrH/c1-2-11-15-17-12-13-8-10(14-16(11)12)9-6-4-3-5-7-9;/h3-7H,2,8H2,1H3;1H. The van der Waals surface area contributed by atoms with E-state index in [1.54, 1.807) is 0 Å². The van der Waals surface area contributed by atoms with Crippen LogP contribution in [-0.2, 0) is 0 Å². The van der Waals surface area contributed by atoms with Gasteiger partial charge in [0.25, 0.3) is 0 Å². The average Bonchev–Trinajstić information content (AvgIpc) is 2.81. The molecule has 0 aliphatic carbocycles. The van der Waals surface area contributed by atoms with Crippen molar-refractivity contribution in [2.45, 2.75) is 13.3 Å².